The number of amides is 1. The number of fused-ring (bicyclic) bond motifs is 1. The Labute approximate surface area is 113 Å². The van der Waals surface area contributed by atoms with E-state index >= 15 is 0 Å². The summed E-state index contributed by atoms with van der Waals surface area (Å²) in [5.74, 6) is 0.706. The van der Waals surface area contributed by atoms with Crippen molar-refractivity contribution >= 4 is 22.9 Å². The molecular weight excluding hydrogens is 260 g/mol. The minimum atomic E-state index is -0.100. The summed E-state index contributed by atoms with van der Waals surface area (Å²) < 4.78 is 1.84. The zero-order valence-electron chi connectivity index (χ0n) is 10.3. The zero-order valence-corrected chi connectivity index (χ0v) is 11.1. The third-order valence-corrected chi connectivity index (χ3v) is 3.72. The van der Waals surface area contributed by atoms with Crippen LogP contribution in [-0.2, 0) is 6.54 Å². The Hall–Kier alpha value is -2.21. The maximum atomic E-state index is 12.0. The maximum Gasteiger partial charge on any atom is 0.251 e. The van der Waals surface area contributed by atoms with E-state index < -0.39 is 0 Å². The van der Waals surface area contributed by atoms with Crippen LogP contribution in [0.15, 0.2) is 35.8 Å². The SMILES string of the molecule is Cc1nnc2cc(C(=O)NCc3cccs3)ccn12. The van der Waals surface area contributed by atoms with Crippen molar-refractivity contribution in [1.29, 1.82) is 0 Å². The van der Waals surface area contributed by atoms with Gasteiger partial charge in [0.05, 0.1) is 6.54 Å². The van der Waals surface area contributed by atoms with E-state index in [0.29, 0.717) is 17.8 Å². The predicted molar refractivity (Wildman–Crippen MR) is 73.2 cm³/mol. The van der Waals surface area contributed by atoms with Gasteiger partial charge in [-0.2, -0.15) is 0 Å². The second-order valence-corrected chi connectivity index (χ2v) is 5.19. The summed E-state index contributed by atoms with van der Waals surface area (Å²) in [5, 5.41) is 12.9. The number of pyridine rings is 1. The van der Waals surface area contributed by atoms with Gasteiger partial charge >= 0.3 is 0 Å². The Morgan fingerprint density at radius 3 is 3.11 bits per heavy atom. The van der Waals surface area contributed by atoms with Gasteiger partial charge in [0.15, 0.2) is 5.65 Å². The summed E-state index contributed by atoms with van der Waals surface area (Å²) in [6, 6.07) is 7.48. The first-order valence-corrected chi connectivity index (χ1v) is 6.74. The highest BCUT2D eigenvalue weighted by atomic mass is 32.1. The third kappa shape index (κ3) is 2.34. The summed E-state index contributed by atoms with van der Waals surface area (Å²) in [5.41, 5.74) is 1.28. The standard InChI is InChI=1S/C13H12N4OS/c1-9-15-16-12-7-10(4-5-17(9)12)13(18)14-8-11-3-2-6-19-11/h2-7H,8H2,1H3,(H,14,18). The second kappa shape index (κ2) is 4.81. The van der Waals surface area contributed by atoms with Crippen LogP contribution in [0.1, 0.15) is 21.1 Å². The molecule has 0 aliphatic heterocycles. The lowest BCUT2D eigenvalue weighted by Gasteiger charge is -2.04. The van der Waals surface area contributed by atoms with Crippen LogP contribution in [0.25, 0.3) is 5.65 Å². The van der Waals surface area contributed by atoms with Crippen LogP contribution < -0.4 is 5.32 Å². The predicted octanol–water partition coefficient (Wildman–Crippen LogP) is 2.03. The Kier molecular flexibility index (Phi) is 3.00. The molecule has 0 unspecified atom stereocenters. The van der Waals surface area contributed by atoms with E-state index in [1.807, 2.05) is 35.0 Å². The van der Waals surface area contributed by atoms with Gasteiger partial charge in [-0.15, -0.1) is 21.5 Å². The van der Waals surface area contributed by atoms with E-state index in [1.54, 1.807) is 23.5 Å². The van der Waals surface area contributed by atoms with Crippen LogP contribution in [0.2, 0.25) is 0 Å². The van der Waals surface area contributed by atoms with E-state index in [1.165, 1.54) is 0 Å². The molecule has 0 saturated carbocycles. The lowest BCUT2D eigenvalue weighted by molar-refractivity contribution is 0.0951. The fraction of sp³-hybridized carbons (Fsp3) is 0.154. The molecule has 0 bridgehead atoms. The molecule has 19 heavy (non-hydrogen) atoms. The molecule has 0 saturated heterocycles. The molecule has 6 heteroatoms. The minimum absolute atomic E-state index is 0.100. The molecule has 3 aromatic rings. The molecule has 1 N–H and O–H groups in total. The van der Waals surface area contributed by atoms with Crippen molar-refractivity contribution in [2.45, 2.75) is 13.5 Å². The topological polar surface area (TPSA) is 59.3 Å². The number of nitrogens with zero attached hydrogens (tertiary/aromatic N) is 3. The molecule has 0 radical (unpaired) electrons. The van der Waals surface area contributed by atoms with Crippen molar-refractivity contribution in [3.8, 4) is 0 Å². The van der Waals surface area contributed by atoms with Crippen molar-refractivity contribution < 1.29 is 4.79 Å². The van der Waals surface area contributed by atoms with Gasteiger partial charge in [0, 0.05) is 16.6 Å². The van der Waals surface area contributed by atoms with Crippen molar-refractivity contribution in [3.05, 3.63) is 52.1 Å². The normalized spacial score (nSPS) is 10.8. The largest absolute Gasteiger partial charge is 0.347 e. The van der Waals surface area contributed by atoms with Gasteiger partial charge in [0.25, 0.3) is 5.91 Å². The van der Waals surface area contributed by atoms with Gasteiger partial charge in [-0.1, -0.05) is 6.07 Å². The number of hydrogen-bond donors (Lipinski definition) is 1. The van der Waals surface area contributed by atoms with Crippen LogP contribution in [0.5, 0.6) is 0 Å². The van der Waals surface area contributed by atoms with Crippen molar-refractivity contribution in [2.24, 2.45) is 0 Å². The average molecular weight is 272 g/mol. The number of nitrogens with one attached hydrogen (secondary N) is 1. The van der Waals surface area contributed by atoms with Gasteiger partial charge in [0.1, 0.15) is 5.82 Å². The monoisotopic (exact) mass is 272 g/mol. The van der Waals surface area contributed by atoms with Gasteiger partial charge in [-0.3, -0.25) is 9.20 Å². The van der Waals surface area contributed by atoms with Crippen LogP contribution in [-0.4, -0.2) is 20.5 Å². The number of thiophene rings is 1. The van der Waals surface area contributed by atoms with Crippen molar-refractivity contribution in [2.75, 3.05) is 0 Å². The Morgan fingerprint density at radius 1 is 1.42 bits per heavy atom. The average Bonchev–Trinajstić information content (AvgIpc) is 3.06. The van der Waals surface area contributed by atoms with E-state index in [9.17, 15) is 4.79 Å². The lowest BCUT2D eigenvalue weighted by Crippen LogP contribution is -2.22. The van der Waals surface area contributed by atoms with Gasteiger partial charge in [0.2, 0.25) is 0 Å². The number of carbonyl (C=O) groups is 1. The molecule has 0 atom stereocenters. The highest BCUT2D eigenvalue weighted by molar-refractivity contribution is 7.09. The Balaban J connectivity index is 1.77. The van der Waals surface area contributed by atoms with Crippen LogP contribution >= 0.6 is 11.3 Å². The maximum absolute atomic E-state index is 12.0. The summed E-state index contributed by atoms with van der Waals surface area (Å²) >= 11 is 1.62. The molecule has 0 aromatic carbocycles. The molecule has 96 valence electrons. The lowest BCUT2D eigenvalue weighted by atomic mass is 10.2. The van der Waals surface area contributed by atoms with Gasteiger partial charge in [-0.05, 0) is 30.5 Å². The summed E-state index contributed by atoms with van der Waals surface area (Å²) in [7, 11) is 0. The van der Waals surface area contributed by atoms with Gasteiger partial charge < -0.3 is 5.32 Å². The van der Waals surface area contributed by atoms with Crippen molar-refractivity contribution in [3.63, 3.8) is 0 Å². The first-order chi connectivity index (χ1) is 9.24. The van der Waals surface area contributed by atoms with E-state index in [4.69, 9.17) is 0 Å². The summed E-state index contributed by atoms with van der Waals surface area (Å²) in [6.45, 7) is 2.42. The minimum Gasteiger partial charge on any atom is -0.347 e. The molecule has 1 amide bonds. The second-order valence-electron chi connectivity index (χ2n) is 4.15. The first kappa shape index (κ1) is 11.9. The highest BCUT2D eigenvalue weighted by Gasteiger charge is 2.08. The molecule has 0 aliphatic carbocycles. The fourth-order valence-electron chi connectivity index (χ4n) is 1.83. The Bertz CT molecular complexity index is 717. The quantitative estimate of drug-likeness (QED) is 0.793. The smallest absolute Gasteiger partial charge is 0.251 e. The molecule has 0 aliphatic rings. The first-order valence-electron chi connectivity index (χ1n) is 5.86. The van der Waals surface area contributed by atoms with E-state index in [2.05, 4.69) is 15.5 Å². The molecule has 3 heterocycles. The summed E-state index contributed by atoms with van der Waals surface area (Å²) in [6.07, 6.45) is 1.81. The Morgan fingerprint density at radius 2 is 2.32 bits per heavy atom. The van der Waals surface area contributed by atoms with Gasteiger partial charge in [-0.25, -0.2) is 0 Å². The number of hydrogen-bond acceptors (Lipinski definition) is 4. The fourth-order valence-corrected chi connectivity index (χ4v) is 2.48. The molecule has 0 fully saturated rings. The number of rotatable bonds is 3. The third-order valence-electron chi connectivity index (χ3n) is 2.85. The molecule has 5 nitrogen and oxygen atoms in total. The van der Waals surface area contributed by atoms with Crippen LogP contribution in [0.4, 0.5) is 0 Å². The molecule has 3 rings (SSSR count). The number of carbonyl (C=O) groups excluding carboxylic acids is 1. The van der Waals surface area contributed by atoms with E-state index in [0.717, 1.165) is 10.7 Å². The van der Waals surface area contributed by atoms with Crippen LogP contribution in [0, 0.1) is 6.92 Å². The van der Waals surface area contributed by atoms with E-state index in [-0.39, 0.29) is 5.91 Å². The van der Waals surface area contributed by atoms with Crippen LogP contribution in [0.3, 0.4) is 0 Å². The highest BCUT2D eigenvalue weighted by Crippen LogP contribution is 2.09. The molecule has 3 aromatic heterocycles. The molecule has 0 spiro atoms. The molecular formula is C13H12N4OS. The zero-order chi connectivity index (χ0) is 13.2. The van der Waals surface area contributed by atoms with Crippen molar-refractivity contribution in [1.82, 2.24) is 19.9 Å². The number of aryl methyl sites for hydroxylation is 1. The number of aromatic nitrogens is 3. The summed E-state index contributed by atoms with van der Waals surface area (Å²) in [4.78, 5) is 13.2.